The van der Waals surface area contributed by atoms with Crippen LogP contribution in [-0.2, 0) is 30.6 Å². The number of nitrogens with zero attached hydrogens (tertiary/aromatic N) is 3. The highest BCUT2D eigenvalue weighted by Gasteiger charge is 2.26. The van der Waals surface area contributed by atoms with Crippen LogP contribution in [-0.4, -0.2) is 29.0 Å². The van der Waals surface area contributed by atoms with E-state index >= 15 is 0 Å². The Labute approximate surface area is 162 Å². The van der Waals surface area contributed by atoms with Crippen molar-refractivity contribution in [1.82, 2.24) is 15.3 Å². The van der Waals surface area contributed by atoms with Gasteiger partial charge in [-0.25, -0.2) is 9.97 Å². The average Bonchev–Trinajstić information content (AvgIpc) is 2.72. The molecule has 1 aromatic carbocycles. The van der Waals surface area contributed by atoms with Crippen molar-refractivity contribution in [3.63, 3.8) is 0 Å². The first-order valence-electron chi connectivity index (χ1n) is 10.1. The summed E-state index contributed by atoms with van der Waals surface area (Å²) in [7, 11) is 0. The topological polar surface area (TPSA) is 58.1 Å². The number of amides is 1. The molecule has 1 N–H and O–H groups in total. The number of hydrogen-bond acceptors (Lipinski definition) is 4. The summed E-state index contributed by atoms with van der Waals surface area (Å²) in [6, 6.07) is 8.45. The molecule has 0 unspecified atom stereocenters. The number of fused-ring (bicyclic) bond motifs is 1. The van der Waals surface area contributed by atoms with Gasteiger partial charge in [-0.1, -0.05) is 31.2 Å². The molecule has 2 aromatic rings. The van der Waals surface area contributed by atoms with Crippen molar-refractivity contribution in [3.8, 4) is 0 Å². The lowest BCUT2D eigenvalue weighted by molar-refractivity contribution is -0.125. The number of hydrogen-bond donors (Lipinski definition) is 1. The number of rotatable bonds is 7. The van der Waals surface area contributed by atoms with Gasteiger partial charge in [-0.15, -0.1) is 0 Å². The third-order valence-electron chi connectivity index (χ3n) is 5.45. The van der Waals surface area contributed by atoms with E-state index in [1.807, 2.05) is 6.20 Å². The predicted molar refractivity (Wildman–Crippen MR) is 109 cm³/mol. The number of carbonyl (C=O) groups is 1. The molecule has 1 heterocycles. The molecule has 5 heteroatoms. The fraction of sp³-hybridized carbons (Fsp3) is 0.500. The molecule has 0 aliphatic heterocycles. The minimum Gasteiger partial charge on any atom is -0.352 e. The third-order valence-corrected chi connectivity index (χ3v) is 5.45. The van der Waals surface area contributed by atoms with E-state index in [4.69, 9.17) is 4.98 Å². The van der Waals surface area contributed by atoms with Gasteiger partial charge in [0.1, 0.15) is 0 Å². The lowest BCUT2D eigenvalue weighted by atomic mass is 9.86. The Morgan fingerprint density at radius 1 is 1.15 bits per heavy atom. The van der Waals surface area contributed by atoms with Crippen molar-refractivity contribution in [2.24, 2.45) is 5.92 Å². The summed E-state index contributed by atoms with van der Waals surface area (Å²) >= 11 is 0. The summed E-state index contributed by atoms with van der Waals surface area (Å²) in [5.41, 5.74) is 4.68. The highest BCUT2D eigenvalue weighted by molar-refractivity contribution is 5.79. The highest BCUT2D eigenvalue weighted by atomic mass is 16.1. The second-order valence-corrected chi connectivity index (χ2v) is 7.14. The zero-order chi connectivity index (χ0) is 19.2. The molecule has 27 heavy (non-hydrogen) atoms. The van der Waals surface area contributed by atoms with Crippen LogP contribution in [0.1, 0.15) is 49.6 Å². The largest absolute Gasteiger partial charge is 0.352 e. The Morgan fingerprint density at radius 3 is 2.52 bits per heavy atom. The third kappa shape index (κ3) is 4.65. The van der Waals surface area contributed by atoms with Gasteiger partial charge in [-0.3, -0.25) is 4.79 Å². The van der Waals surface area contributed by atoms with Crippen LogP contribution in [0.4, 0.5) is 5.95 Å². The SMILES string of the molecule is CCc1ccc(CNC(=O)[C@H]2CCc3nc(N(CC)CC)ncc3C2)cc1. The van der Waals surface area contributed by atoms with Gasteiger partial charge >= 0.3 is 0 Å². The molecular weight excluding hydrogens is 336 g/mol. The maximum atomic E-state index is 12.6. The second kappa shape index (κ2) is 8.98. The van der Waals surface area contributed by atoms with Gasteiger partial charge < -0.3 is 10.2 Å². The summed E-state index contributed by atoms with van der Waals surface area (Å²) in [6.07, 6.45) is 5.37. The lowest BCUT2D eigenvalue weighted by Crippen LogP contribution is -2.34. The molecule has 3 rings (SSSR count). The standard InChI is InChI=1S/C22H30N4O/c1-4-16-7-9-17(10-8-16)14-23-21(27)18-11-12-20-19(13-18)15-24-22(25-20)26(5-2)6-3/h7-10,15,18H,4-6,11-14H2,1-3H3,(H,23,27)/t18-/m0/s1. The van der Waals surface area contributed by atoms with E-state index in [-0.39, 0.29) is 11.8 Å². The molecule has 1 atom stereocenters. The Morgan fingerprint density at radius 2 is 1.85 bits per heavy atom. The normalized spacial score (nSPS) is 15.9. The van der Waals surface area contributed by atoms with E-state index < -0.39 is 0 Å². The molecule has 144 valence electrons. The van der Waals surface area contributed by atoms with Crippen molar-refractivity contribution in [3.05, 3.63) is 52.8 Å². The summed E-state index contributed by atoms with van der Waals surface area (Å²) in [6.45, 7) is 8.76. The summed E-state index contributed by atoms with van der Waals surface area (Å²) in [4.78, 5) is 24.0. The minimum absolute atomic E-state index is 0.00955. The summed E-state index contributed by atoms with van der Waals surface area (Å²) in [5, 5.41) is 3.10. The van der Waals surface area contributed by atoms with E-state index in [9.17, 15) is 4.79 Å². The average molecular weight is 367 g/mol. The van der Waals surface area contributed by atoms with E-state index in [1.165, 1.54) is 5.56 Å². The quantitative estimate of drug-likeness (QED) is 0.817. The van der Waals surface area contributed by atoms with E-state index in [2.05, 4.69) is 60.2 Å². The van der Waals surface area contributed by atoms with Crippen molar-refractivity contribution >= 4 is 11.9 Å². The van der Waals surface area contributed by atoms with Crippen molar-refractivity contribution in [2.75, 3.05) is 18.0 Å². The Kier molecular flexibility index (Phi) is 6.43. The minimum atomic E-state index is 0.00955. The van der Waals surface area contributed by atoms with Gasteiger partial charge in [0.2, 0.25) is 11.9 Å². The molecule has 0 saturated heterocycles. The van der Waals surface area contributed by atoms with Crippen LogP contribution in [0.5, 0.6) is 0 Å². The molecule has 5 nitrogen and oxygen atoms in total. The molecule has 0 radical (unpaired) electrons. The number of nitrogens with one attached hydrogen (secondary N) is 1. The van der Waals surface area contributed by atoms with Gasteiger partial charge in [0.15, 0.2) is 0 Å². The number of aromatic nitrogens is 2. The maximum Gasteiger partial charge on any atom is 0.225 e. The molecule has 1 aliphatic rings. The smallest absolute Gasteiger partial charge is 0.225 e. The monoisotopic (exact) mass is 366 g/mol. The van der Waals surface area contributed by atoms with Gasteiger partial charge in [-0.05, 0) is 56.2 Å². The summed E-state index contributed by atoms with van der Waals surface area (Å²) < 4.78 is 0. The van der Waals surface area contributed by atoms with Gasteiger partial charge in [0, 0.05) is 37.4 Å². The first-order chi connectivity index (χ1) is 13.1. The first kappa shape index (κ1) is 19.3. The van der Waals surface area contributed by atoms with Crippen LogP contribution in [0.2, 0.25) is 0 Å². The molecule has 1 amide bonds. The molecule has 0 bridgehead atoms. The molecule has 0 spiro atoms. The van der Waals surface area contributed by atoms with Crippen molar-refractivity contribution in [2.45, 2.75) is 53.0 Å². The van der Waals surface area contributed by atoms with Crippen LogP contribution < -0.4 is 10.2 Å². The van der Waals surface area contributed by atoms with E-state index in [0.717, 1.165) is 61.5 Å². The Balaban J connectivity index is 1.58. The molecule has 1 aromatic heterocycles. The molecule has 1 aliphatic carbocycles. The Bertz CT molecular complexity index is 768. The fourth-order valence-corrected chi connectivity index (χ4v) is 3.61. The highest BCUT2D eigenvalue weighted by Crippen LogP contribution is 2.25. The molecule has 0 saturated carbocycles. The number of carbonyl (C=O) groups excluding carboxylic acids is 1. The Hall–Kier alpha value is -2.43. The van der Waals surface area contributed by atoms with Crippen molar-refractivity contribution < 1.29 is 4.79 Å². The number of benzene rings is 1. The maximum absolute atomic E-state index is 12.6. The number of aryl methyl sites for hydroxylation is 2. The van der Waals surface area contributed by atoms with Crippen LogP contribution in [0.15, 0.2) is 30.5 Å². The number of anilines is 1. The van der Waals surface area contributed by atoms with Gasteiger partial charge in [0.25, 0.3) is 0 Å². The van der Waals surface area contributed by atoms with E-state index in [1.54, 1.807) is 0 Å². The van der Waals surface area contributed by atoms with Crippen molar-refractivity contribution in [1.29, 1.82) is 0 Å². The summed E-state index contributed by atoms with van der Waals surface area (Å²) in [5.74, 6) is 0.945. The van der Waals surface area contributed by atoms with Crippen LogP contribution in [0, 0.1) is 5.92 Å². The lowest BCUT2D eigenvalue weighted by Gasteiger charge is -2.25. The first-order valence-corrected chi connectivity index (χ1v) is 10.1. The molecule has 0 fully saturated rings. The van der Waals surface area contributed by atoms with Crippen LogP contribution >= 0.6 is 0 Å². The van der Waals surface area contributed by atoms with Crippen LogP contribution in [0.3, 0.4) is 0 Å². The fourth-order valence-electron chi connectivity index (χ4n) is 3.61. The zero-order valence-corrected chi connectivity index (χ0v) is 16.7. The van der Waals surface area contributed by atoms with Gasteiger partial charge in [-0.2, -0.15) is 0 Å². The molecular formula is C22H30N4O. The van der Waals surface area contributed by atoms with Gasteiger partial charge in [0.05, 0.1) is 0 Å². The van der Waals surface area contributed by atoms with Crippen LogP contribution in [0.25, 0.3) is 0 Å². The zero-order valence-electron chi connectivity index (χ0n) is 16.7. The predicted octanol–water partition coefficient (Wildman–Crippen LogP) is 3.31. The second-order valence-electron chi connectivity index (χ2n) is 7.14. The van der Waals surface area contributed by atoms with E-state index in [0.29, 0.717) is 6.54 Å².